The van der Waals surface area contributed by atoms with Crippen LogP contribution in [0.5, 0.6) is 0 Å². The third-order valence-electron chi connectivity index (χ3n) is 3.20. The van der Waals surface area contributed by atoms with Crippen molar-refractivity contribution in [2.24, 2.45) is 0 Å². The van der Waals surface area contributed by atoms with Gasteiger partial charge in [0.25, 0.3) is 5.91 Å². The van der Waals surface area contributed by atoms with Crippen LogP contribution in [0.4, 0.5) is 0 Å². The van der Waals surface area contributed by atoms with E-state index < -0.39 is 0 Å². The average molecular weight is 361 g/mol. The molecule has 5 heteroatoms. The first kappa shape index (κ1) is 13.8. The molecular weight excluding hydrogens is 345 g/mol. The van der Waals surface area contributed by atoms with Crippen LogP contribution in [0.25, 0.3) is 0 Å². The molecule has 0 N–H and O–H groups in total. The molecule has 1 aromatic carbocycles. The summed E-state index contributed by atoms with van der Waals surface area (Å²) in [6, 6.07) is 7.58. The van der Waals surface area contributed by atoms with Gasteiger partial charge in [-0.15, -0.1) is 0 Å². The monoisotopic (exact) mass is 361 g/mol. The Hall–Kier alpha value is -0.660. The molecule has 1 amide bonds. The summed E-state index contributed by atoms with van der Waals surface area (Å²) in [5, 5.41) is 0. The Bertz CT molecular complexity index is 409. The number of carbonyl (C=O) groups excluding carboxylic acids is 1. The third kappa shape index (κ3) is 2.84. The summed E-state index contributed by atoms with van der Waals surface area (Å²) in [7, 11) is 3.30. The molecule has 1 aliphatic rings. The molecule has 1 fully saturated rings. The van der Waals surface area contributed by atoms with Gasteiger partial charge in [-0.2, -0.15) is 0 Å². The number of amides is 1. The fourth-order valence-electron chi connectivity index (χ4n) is 2.14. The number of halogens is 1. The normalized spacial score (nSPS) is 23.4. The van der Waals surface area contributed by atoms with Crippen LogP contribution >= 0.6 is 22.6 Å². The molecule has 1 saturated heterocycles. The molecule has 1 heterocycles. The largest absolute Gasteiger partial charge is 0.377 e. The molecule has 0 radical (unpaired) electrons. The second-order valence-electron chi connectivity index (χ2n) is 4.27. The predicted molar refractivity (Wildman–Crippen MR) is 76.7 cm³/mol. The zero-order chi connectivity index (χ0) is 13.1. The van der Waals surface area contributed by atoms with Crippen LogP contribution in [0, 0.1) is 3.57 Å². The molecule has 0 aromatic heterocycles. The molecule has 0 aliphatic carbocycles. The molecule has 2 unspecified atom stereocenters. The van der Waals surface area contributed by atoms with Gasteiger partial charge in [-0.1, -0.05) is 0 Å². The van der Waals surface area contributed by atoms with E-state index in [-0.39, 0.29) is 18.1 Å². The van der Waals surface area contributed by atoms with Crippen molar-refractivity contribution < 1.29 is 14.3 Å². The van der Waals surface area contributed by atoms with Crippen LogP contribution in [0.3, 0.4) is 0 Å². The van der Waals surface area contributed by atoms with E-state index >= 15 is 0 Å². The number of carbonyl (C=O) groups is 1. The quantitative estimate of drug-likeness (QED) is 0.771. The van der Waals surface area contributed by atoms with Crippen LogP contribution in [-0.4, -0.2) is 50.3 Å². The van der Waals surface area contributed by atoms with Gasteiger partial charge in [-0.25, -0.2) is 0 Å². The highest BCUT2D eigenvalue weighted by molar-refractivity contribution is 14.1. The SMILES string of the molecule is COC1CN(C(=O)c2ccc(I)cc2)CC1OC. The summed E-state index contributed by atoms with van der Waals surface area (Å²) in [5.74, 6) is 0.0352. The van der Waals surface area contributed by atoms with Crippen LogP contribution < -0.4 is 0 Å². The van der Waals surface area contributed by atoms with Gasteiger partial charge in [0, 0.05) is 36.4 Å². The van der Waals surface area contributed by atoms with Gasteiger partial charge in [0.05, 0.1) is 0 Å². The van der Waals surface area contributed by atoms with Crippen molar-refractivity contribution in [1.82, 2.24) is 4.90 Å². The molecule has 0 saturated carbocycles. The minimum absolute atomic E-state index is 0.0352. The number of ether oxygens (including phenoxy) is 2. The topological polar surface area (TPSA) is 38.8 Å². The molecule has 1 aliphatic heterocycles. The molecule has 2 atom stereocenters. The van der Waals surface area contributed by atoms with Crippen molar-refractivity contribution >= 4 is 28.5 Å². The number of methoxy groups -OCH3 is 2. The second-order valence-corrected chi connectivity index (χ2v) is 5.51. The lowest BCUT2D eigenvalue weighted by atomic mass is 10.2. The number of likely N-dealkylation sites (tertiary alicyclic amines) is 1. The van der Waals surface area contributed by atoms with Gasteiger partial charge in [0.1, 0.15) is 12.2 Å². The highest BCUT2D eigenvalue weighted by atomic mass is 127. The minimum atomic E-state index is -0.0391. The van der Waals surface area contributed by atoms with Crippen LogP contribution in [-0.2, 0) is 9.47 Å². The lowest BCUT2D eigenvalue weighted by molar-refractivity contribution is -0.00461. The molecule has 1 aromatic rings. The predicted octanol–water partition coefficient (Wildman–Crippen LogP) is 1.78. The molecule has 0 bridgehead atoms. The van der Waals surface area contributed by atoms with E-state index in [0.717, 1.165) is 3.57 Å². The first-order valence-corrected chi connectivity index (χ1v) is 6.84. The molecule has 18 heavy (non-hydrogen) atoms. The van der Waals surface area contributed by atoms with Gasteiger partial charge in [0.15, 0.2) is 0 Å². The smallest absolute Gasteiger partial charge is 0.254 e. The Morgan fingerprint density at radius 2 is 1.67 bits per heavy atom. The van der Waals surface area contributed by atoms with Gasteiger partial charge in [0.2, 0.25) is 0 Å². The van der Waals surface area contributed by atoms with Crippen LogP contribution in [0.1, 0.15) is 10.4 Å². The molecule has 4 nitrogen and oxygen atoms in total. The van der Waals surface area contributed by atoms with E-state index in [4.69, 9.17) is 9.47 Å². The highest BCUT2D eigenvalue weighted by Gasteiger charge is 2.35. The van der Waals surface area contributed by atoms with E-state index in [1.165, 1.54) is 0 Å². The van der Waals surface area contributed by atoms with Gasteiger partial charge >= 0.3 is 0 Å². The van der Waals surface area contributed by atoms with Crippen molar-refractivity contribution in [2.75, 3.05) is 27.3 Å². The number of hydrogen-bond acceptors (Lipinski definition) is 3. The number of rotatable bonds is 3. The molecular formula is C13H16INO3. The van der Waals surface area contributed by atoms with E-state index in [1.54, 1.807) is 19.1 Å². The van der Waals surface area contributed by atoms with Crippen molar-refractivity contribution in [3.05, 3.63) is 33.4 Å². The third-order valence-corrected chi connectivity index (χ3v) is 3.92. The van der Waals surface area contributed by atoms with Crippen molar-refractivity contribution in [3.63, 3.8) is 0 Å². The summed E-state index contributed by atoms with van der Waals surface area (Å²) in [5.41, 5.74) is 0.710. The van der Waals surface area contributed by atoms with E-state index in [0.29, 0.717) is 18.7 Å². The Morgan fingerprint density at radius 3 is 2.11 bits per heavy atom. The highest BCUT2D eigenvalue weighted by Crippen LogP contribution is 2.18. The summed E-state index contributed by atoms with van der Waals surface area (Å²) in [4.78, 5) is 14.1. The van der Waals surface area contributed by atoms with Crippen molar-refractivity contribution in [2.45, 2.75) is 12.2 Å². The average Bonchev–Trinajstić information content (AvgIpc) is 2.82. The van der Waals surface area contributed by atoms with Gasteiger partial charge in [-0.3, -0.25) is 4.79 Å². The van der Waals surface area contributed by atoms with Crippen molar-refractivity contribution in [1.29, 1.82) is 0 Å². The summed E-state index contributed by atoms with van der Waals surface area (Å²) in [6.45, 7) is 1.17. The molecule has 98 valence electrons. The number of hydrogen-bond donors (Lipinski definition) is 0. The van der Waals surface area contributed by atoms with Gasteiger partial charge < -0.3 is 14.4 Å². The first-order chi connectivity index (χ1) is 8.65. The Morgan fingerprint density at radius 1 is 1.17 bits per heavy atom. The van der Waals surface area contributed by atoms with E-state index in [2.05, 4.69) is 22.6 Å². The van der Waals surface area contributed by atoms with Crippen LogP contribution in [0.2, 0.25) is 0 Å². The van der Waals surface area contributed by atoms with E-state index in [9.17, 15) is 4.79 Å². The standard InChI is InChI=1S/C13H16INO3/c1-17-11-7-15(8-12(11)18-2)13(16)9-3-5-10(14)6-4-9/h3-6,11-12H,7-8H2,1-2H3. The zero-order valence-electron chi connectivity index (χ0n) is 10.4. The molecule has 2 rings (SSSR count). The van der Waals surface area contributed by atoms with Crippen molar-refractivity contribution in [3.8, 4) is 0 Å². The number of benzene rings is 1. The van der Waals surface area contributed by atoms with Gasteiger partial charge in [-0.05, 0) is 46.9 Å². The minimum Gasteiger partial charge on any atom is -0.377 e. The second kappa shape index (κ2) is 5.99. The Labute approximate surface area is 120 Å². The Balaban J connectivity index is 2.09. The maximum atomic E-state index is 12.3. The summed E-state index contributed by atoms with van der Waals surface area (Å²) >= 11 is 2.22. The zero-order valence-corrected chi connectivity index (χ0v) is 12.6. The Kier molecular flexibility index (Phi) is 4.58. The summed E-state index contributed by atoms with van der Waals surface area (Å²) in [6.07, 6.45) is -0.0782. The maximum absolute atomic E-state index is 12.3. The molecule has 0 spiro atoms. The lowest BCUT2D eigenvalue weighted by Gasteiger charge is -2.15. The number of nitrogens with zero attached hydrogens (tertiary/aromatic N) is 1. The fourth-order valence-corrected chi connectivity index (χ4v) is 2.50. The fraction of sp³-hybridized carbons (Fsp3) is 0.462. The maximum Gasteiger partial charge on any atom is 0.254 e. The van der Waals surface area contributed by atoms with Crippen LogP contribution in [0.15, 0.2) is 24.3 Å². The summed E-state index contributed by atoms with van der Waals surface area (Å²) < 4.78 is 11.8. The first-order valence-electron chi connectivity index (χ1n) is 5.76. The van der Waals surface area contributed by atoms with E-state index in [1.807, 2.05) is 24.3 Å². The lowest BCUT2D eigenvalue weighted by Crippen LogP contribution is -2.30.